The van der Waals surface area contributed by atoms with Gasteiger partial charge in [-0.2, -0.15) is 9.90 Å². The Kier molecular flexibility index (Phi) is 3.24. The lowest BCUT2D eigenvalue weighted by molar-refractivity contribution is -0.120. The van der Waals surface area contributed by atoms with Crippen molar-refractivity contribution in [3.05, 3.63) is 6.20 Å². The van der Waals surface area contributed by atoms with Crippen LogP contribution in [-0.2, 0) is 11.3 Å². The third-order valence-corrected chi connectivity index (χ3v) is 1.59. The van der Waals surface area contributed by atoms with Gasteiger partial charge in [0.2, 0.25) is 5.91 Å². The lowest BCUT2D eigenvalue weighted by Crippen LogP contribution is -2.18. The van der Waals surface area contributed by atoms with Crippen LogP contribution in [0.15, 0.2) is 6.20 Å². The number of aromatic nitrogens is 3. The van der Waals surface area contributed by atoms with Gasteiger partial charge in [-0.25, -0.2) is 0 Å². The summed E-state index contributed by atoms with van der Waals surface area (Å²) in [6, 6.07) is 0. The second-order valence-electron chi connectivity index (χ2n) is 2.64. The zero-order valence-corrected chi connectivity index (χ0v) is 7.53. The van der Waals surface area contributed by atoms with Gasteiger partial charge in [0.05, 0.1) is 12.7 Å². The number of nitrogens with two attached hydrogens (primary N) is 1. The van der Waals surface area contributed by atoms with Crippen LogP contribution < -0.4 is 11.1 Å². The number of nitrogen functional groups attached to an aromatic ring is 1. The Morgan fingerprint density at radius 2 is 2.54 bits per heavy atom. The van der Waals surface area contributed by atoms with Gasteiger partial charge in [0.25, 0.3) is 0 Å². The van der Waals surface area contributed by atoms with Crippen LogP contribution >= 0.6 is 0 Å². The van der Waals surface area contributed by atoms with E-state index in [1.54, 1.807) is 7.05 Å². The Balaban J connectivity index is 2.24. The van der Waals surface area contributed by atoms with Gasteiger partial charge in [0.15, 0.2) is 5.82 Å². The fourth-order valence-electron chi connectivity index (χ4n) is 0.924. The van der Waals surface area contributed by atoms with Crippen LogP contribution in [0, 0.1) is 0 Å². The van der Waals surface area contributed by atoms with E-state index in [0.717, 1.165) is 0 Å². The summed E-state index contributed by atoms with van der Waals surface area (Å²) < 4.78 is 0. The Morgan fingerprint density at radius 1 is 1.77 bits per heavy atom. The second-order valence-corrected chi connectivity index (χ2v) is 2.64. The SMILES string of the molecule is CNC(=O)CCCn1ncc(N)n1. The molecule has 6 heteroatoms. The molecule has 0 saturated carbocycles. The number of carbonyl (C=O) groups excluding carboxylic acids is 1. The molecule has 0 aliphatic rings. The molecule has 1 heterocycles. The summed E-state index contributed by atoms with van der Waals surface area (Å²) in [5.74, 6) is 0.431. The highest BCUT2D eigenvalue weighted by Crippen LogP contribution is 1.95. The normalized spacial score (nSPS) is 9.92. The highest BCUT2D eigenvalue weighted by Gasteiger charge is 1.99. The maximum atomic E-state index is 10.8. The minimum absolute atomic E-state index is 0.0279. The average molecular weight is 183 g/mol. The van der Waals surface area contributed by atoms with Crippen LogP contribution in [0.1, 0.15) is 12.8 Å². The lowest BCUT2D eigenvalue weighted by atomic mass is 10.3. The average Bonchev–Trinajstić information content (AvgIpc) is 2.51. The summed E-state index contributed by atoms with van der Waals surface area (Å²) in [5, 5.41) is 10.3. The smallest absolute Gasteiger partial charge is 0.219 e. The minimum Gasteiger partial charge on any atom is -0.381 e. The van der Waals surface area contributed by atoms with E-state index in [1.807, 2.05) is 0 Å². The number of nitrogens with one attached hydrogen (secondary N) is 1. The molecule has 1 rings (SSSR count). The zero-order chi connectivity index (χ0) is 9.68. The highest BCUT2D eigenvalue weighted by molar-refractivity contribution is 5.75. The first-order chi connectivity index (χ1) is 6.22. The third-order valence-electron chi connectivity index (χ3n) is 1.59. The van der Waals surface area contributed by atoms with E-state index in [9.17, 15) is 4.79 Å². The van der Waals surface area contributed by atoms with E-state index in [1.165, 1.54) is 11.0 Å². The van der Waals surface area contributed by atoms with Crippen molar-refractivity contribution in [3.63, 3.8) is 0 Å². The molecular weight excluding hydrogens is 170 g/mol. The fourth-order valence-corrected chi connectivity index (χ4v) is 0.924. The molecule has 0 unspecified atom stereocenters. The van der Waals surface area contributed by atoms with Gasteiger partial charge >= 0.3 is 0 Å². The molecule has 0 aliphatic carbocycles. The van der Waals surface area contributed by atoms with Crippen molar-refractivity contribution in [2.75, 3.05) is 12.8 Å². The molecule has 0 fully saturated rings. The van der Waals surface area contributed by atoms with Gasteiger partial charge in [-0.1, -0.05) is 0 Å². The van der Waals surface area contributed by atoms with Crippen molar-refractivity contribution in [1.82, 2.24) is 20.3 Å². The van der Waals surface area contributed by atoms with E-state index in [4.69, 9.17) is 5.73 Å². The Bertz CT molecular complexity index is 282. The molecule has 72 valence electrons. The van der Waals surface area contributed by atoms with Gasteiger partial charge in [0.1, 0.15) is 0 Å². The molecule has 0 aliphatic heterocycles. The highest BCUT2D eigenvalue weighted by atomic mass is 16.1. The molecule has 3 N–H and O–H groups in total. The Labute approximate surface area is 76.1 Å². The van der Waals surface area contributed by atoms with Crippen LogP contribution in [0.2, 0.25) is 0 Å². The number of hydrogen-bond acceptors (Lipinski definition) is 4. The van der Waals surface area contributed by atoms with Crippen molar-refractivity contribution < 1.29 is 4.79 Å². The quantitative estimate of drug-likeness (QED) is 0.651. The Hall–Kier alpha value is -1.59. The molecule has 0 spiro atoms. The number of aryl methyl sites for hydroxylation is 1. The standard InChI is InChI=1S/C7H13N5O/c1-9-7(13)3-2-4-12-10-5-6(8)11-12/h5H,2-4H2,1H3,(H2,8,11)(H,9,13). The molecule has 0 atom stereocenters. The molecular formula is C7H13N5O. The lowest BCUT2D eigenvalue weighted by Gasteiger charge is -1.98. The first kappa shape index (κ1) is 9.50. The van der Waals surface area contributed by atoms with Crippen LogP contribution in [-0.4, -0.2) is 27.9 Å². The number of amides is 1. The predicted molar refractivity (Wildman–Crippen MR) is 47.7 cm³/mol. The molecule has 0 radical (unpaired) electrons. The predicted octanol–water partition coefficient (Wildman–Crippen LogP) is -0.613. The monoisotopic (exact) mass is 183 g/mol. The number of rotatable bonds is 4. The maximum absolute atomic E-state index is 10.8. The second kappa shape index (κ2) is 4.44. The molecule has 1 amide bonds. The molecule has 0 aromatic carbocycles. The van der Waals surface area contributed by atoms with Gasteiger partial charge in [-0.3, -0.25) is 4.79 Å². The maximum Gasteiger partial charge on any atom is 0.219 e. The van der Waals surface area contributed by atoms with E-state index >= 15 is 0 Å². The van der Waals surface area contributed by atoms with Gasteiger partial charge in [-0.05, 0) is 6.42 Å². The van der Waals surface area contributed by atoms with E-state index in [2.05, 4.69) is 15.5 Å². The summed E-state index contributed by atoms with van der Waals surface area (Å²) in [4.78, 5) is 12.3. The fraction of sp³-hybridized carbons (Fsp3) is 0.571. The third kappa shape index (κ3) is 3.10. The minimum atomic E-state index is 0.0279. The van der Waals surface area contributed by atoms with Crippen molar-refractivity contribution in [3.8, 4) is 0 Å². The van der Waals surface area contributed by atoms with Crippen LogP contribution in [0.25, 0.3) is 0 Å². The Morgan fingerprint density at radius 3 is 3.08 bits per heavy atom. The van der Waals surface area contributed by atoms with E-state index < -0.39 is 0 Å². The summed E-state index contributed by atoms with van der Waals surface area (Å²) in [6.07, 6.45) is 2.69. The number of hydrogen-bond donors (Lipinski definition) is 2. The molecule has 1 aromatic heterocycles. The van der Waals surface area contributed by atoms with Gasteiger partial charge in [0, 0.05) is 13.5 Å². The zero-order valence-electron chi connectivity index (χ0n) is 7.53. The van der Waals surface area contributed by atoms with Crippen molar-refractivity contribution >= 4 is 11.7 Å². The molecule has 13 heavy (non-hydrogen) atoms. The van der Waals surface area contributed by atoms with Crippen LogP contribution in [0.4, 0.5) is 5.82 Å². The summed E-state index contributed by atoms with van der Waals surface area (Å²) >= 11 is 0. The summed E-state index contributed by atoms with van der Waals surface area (Å²) in [7, 11) is 1.62. The number of anilines is 1. The van der Waals surface area contributed by atoms with E-state index in [-0.39, 0.29) is 5.91 Å². The largest absolute Gasteiger partial charge is 0.381 e. The van der Waals surface area contributed by atoms with Crippen molar-refractivity contribution in [2.24, 2.45) is 0 Å². The first-order valence-corrected chi connectivity index (χ1v) is 4.08. The van der Waals surface area contributed by atoms with Crippen LogP contribution in [0.5, 0.6) is 0 Å². The van der Waals surface area contributed by atoms with E-state index in [0.29, 0.717) is 25.2 Å². The molecule has 1 aromatic rings. The molecule has 6 nitrogen and oxygen atoms in total. The van der Waals surface area contributed by atoms with Gasteiger partial charge in [-0.15, -0.1) is 5.10 Å². The van der Waals surface area contributed by atoms with Crippen molar-refractivity contribution in [2.45, 2.75) is 19.4 Å². The molecule has 0 bridgehead atoms. The number of nitrogens with zero attached hydrogens (tertiary/aromatic N) is 3. The first-order valence-electron chi connectivity index (χ1n) is 4.08. The topological polar surface area (TPSA) is 85.8 Å². The number of carbonyl (C=O) groups is 1. The van der Waals surface area contributed by atoms with Crippen LogP contribution in [0.3, 0.4) is 0 Å². The summed E-state index contributed by atoms with van der Waals surface area (Å²) in [5.41, 5.74) is 5.36. The van der Waals surface area contributed by atoms with Crippen molar-refractivity contribution in [1.29, 1.82) is 0 Å². The molecule has 0 saturated heterocycles. The van der Waals surface area contributed by atoms with Gasteiger partial charge < -0.3 is 11.1 Å². The summed E-state index contributed by atoms with van der Waals surface area (Å²) in [6.45, 7) is 0.616.